The minimum atomic E-state index is 0.695. The molecule has 1 aliphatic carbocycles. The van der Waals surface area contributed by atoms with Crippen LogP contribution >= 0.6 is 0 Å². The zero-order valence-electron chi connectivity index (χ0n) is 12.7. The van der Waals surface area contributed by atoms with Gasteiger partial charge in [-0.25, -0.2) is 0 Å². The summed E-state index contributed by atoms with van der Waals surface area (Å²) in [5.74, 6) is 0.695. The average Bonchev–Trinajstić information content (AvgIpc) is 2.82. The molecule has 1 aromatic rings. The second-order valence-corrected chi connectivity index (χ2v) is 6.39. The van der Waals surface area contributed by atoms with E-state index in [9.17, 15) is 0 Å². The van der Waals surface area contributed by atoms with Crippen LogP contribution in [0.3, 0.4) is 0 Å². The molecule has 0 unspecified atom stereocenters. The number of para-hydroxylation sites is 1. The highest BCUT2D eigenvalue weighted by molar-refractivity contribution is 5.81. The summed E-state index contributed by atoms with van der Waals surface area (Å²) in [6.07, 6.45) is 12.6. The molecule has 0 bridgehead atoms. The fraction of sp³-hybridized carbons (Fsp3) is 0.579. The van der Waals surface area contributed by atoms with Gasteiger partial charge in [-0.3, -0.25) is 5.32 Å². The highest BCUT2D eigenvalue weighted by Gasteiger charge is 2.25. The van der Waals surface area contributed by atoms with Crippen LogP contribution in [0.1, 0.15) is 70.3 Å². The van der Waals surface area contributed by atoms with Crippen LogP contribution in [0.5, 0.6) is 0 Å². The Morgan fingerprint density at radius 3 is 2.10 bits per heavy atom. The third kappa shape index (κ3) is 2.92. The minimum absolute atomic E-state index is 0.695. The summed E-state index contributed by atoms with van der Waals surface area (Å²) in [7, 11) is 0. The van der Waals surface area contributed by atoms with Crippen molar-refractivity contribution in [1.82, 2.24) is 5.32 Å². The molecule has 0 N–H and O–H groups in total. The molecule has 2 aliphatic rings. The van der Waals surface area contributed by atoms with Crippen molar-refractivity contribution in [2.75, 3.05) is 0 Å². The van der Waals surface area contributed by atoms with Crippen LogP contribution in [-0.2, 0) is 0 Å². The fourth-order valence-electron chi connectivity index (χ4n) is 3.72. The van der Waals surface area contributed by atoms with Gasteiger partial charge in [-0.15, -0.1) is 0 Å². The molecular weight excluding hydrogens is 242 g/mol. The smallest absolute Gasteiger partial charge is 0.0708 e. The van der Waals surface area contributed by atoms with E-state index in [-0.39, 0.29) is 0 Å². The molecule has 1 aromatic carbocycles. The van der Waals surface area contributed by atoms with Gasteiger partial charge in [0.1, 0.15) is 0 Å². The van der Waals surface area contributed by atoms with Gasteiger partial charge < -0.3 is 0 Å². The maximum Gasteiger partial charge on any atom is 0.0708 e. The Kier molecular flexibility index (Phi) is 4.44. The van der Waals surface area contributed by atoms with Crippen molar-refractivity contribution < 1.29 is 0 Å². The van der Waals surface area contributed by atoms with Crippen LogP contribution in [0.15, 0.2) is 30.0 Å². The van der Waals surface area contributed by atoms with E-state index in [0.717, 1.165) is 0 Å². The van der Waals surface area contributed by atoms with Gasteiger partial charge in [-0.1, -0.05) is 63.1 Å². The maximum atomic E-state index is 4.96. The van der Waals surface area contributed by atoms with Gasteiger partial charge in [0.25, 0.3) is 0 Å². The van der Waals surface area contributed by atoms with E-state index >= 15 is 0 Å². The number of fused-ring (bicyclic) bond motifs is 1. The third-order valence-corrected chi connectivity index (χ3v) is 4.93. The summed E-state index contributed by atoms with van der Waals surface area (Å²) in [4.78, 5) is 0. The summed E-state index contributed by atoms with van der Waals surface area (Å²) < 4.78 is 0. The molecule has 0 spiro atoms. The molecule has 1 radical (unpaired) electrons. The number of rotatable bonds is 1. The molecule has 0 amide bonds. The van der Waals surface area contributed by atoms with Crippen molar-refractivity contribution in [3.05, 3.63) is 35.5 Å². The first-order valence-electron chi connectivity index (χ1n) is 8.38. The lowest BCUT2D eigenvalue weighted by Crippen LogP contribution is -2.10. The Labute approximate surface area is 123 Å². The van der Waals surface area contributed by atoms with Crippen LogP contribution in [0.4, 0.5) is 5.69 Å². The number of hydrogen-bond donors (Lipinski definition) is 0. The molecule has 0 saturated heterocycles. The lowest BCUT2D eigenvalue weighted by atomic mass is 9.88. The van der Waals surface area contributed by atoms with Crippen LogP contribution in [0, 0.1) is 5.92 Å². The van der Waals surface area contributed by atoms with E-state index in [2.05, 4.69) is 31.2 Å². The SMILES string of the molecule is CC1=C(C2CCCCCCCCC2)[N]c2ccccc21. The molecule has 0 aromatic heterocycles. The first kappa shape index (κ1) is 13.7. The summed E-state index contributed by atoms with van der Waals surface area (Å²) in [6, 6.07) is 8.62. The van der Waals surface area contributed by atoms with Crippen LogP contribution in [0.25, 0.3) is 5.57 Å². The van der Waals surface area contributed by atoms with Crippen molar-refractivity contribution in [2.24, 2.45) is 5.92 Å². The first-order chi connectivity index (χ1) is 9.86. The van der Waals surface area contributed by atoms with Crippen LogP contribution < -0.4 is 5.32 Å². The van der Waals surface area contributed by atoms with E-state index in [0.29, 0.717) is 5.92 Å². The Morgan fingerprint density at radius 1 is 0.850 bits per heavy atom. The van der Waals surface area contributed by atoms with E-state index in [1.807, 2.05) is 0 Å². The van der Waals surface area contributed by atoms with Gasteiger partial charge in [0.2, 0.25) is 0 Å². The topological polar surface area (TPSA) is 14.1 Å². The Bertz CT molecular complexity index is 476. The zero-order chi connectivity index (χ0) is 13.8. The number of hydrogen-bond acceptors (Lipinski definition) is 0. The van der Waals surface area contributed by atoms with Gasteiger partial charge in [0, 0.05) is 17.2 Å². The predicted molar refractivity (Wildman–Crippen MR) is 85.9 cm³/mol. The second kappa shape index (κ2) is 6.47. The first-order valence-corrected chi connectivity index (χ1v) is 8.38. The standard InChI is InChI=1S/C19H26N/c1-15-17-13-9-10-14-18(17)20-19(15)16-11-7-5-3-2-4-6-8-12-16/h9-10,13-14,16H,2-8,11-12H2,1H3. The summed E-state index contributed by atoms with van der Waals surface area (Å²) in [5, 5.41) is 4.96. The van der Waals surface area contributed by atoms with Crippen molar-refractivity contribution in [3.63, 3.8) is 0 Å². The molecule has 3 rings (SSSR count). The van der Waals surface area contributed by atoms with Gasteiger partial charge >= 0.3 is 0 Å². The Morgan fingerprint density at radius 2 is 1.45 bits per heavy atom. The molecule has 1 fully saturated rings. The highest BCUT2D eigenvalue weighted by atomic mass is 14.9. The lowest BCUT2D eigenvalue weighted by Gasteiger charge is -2.20. The van der Waals surface area contributed by atoms with Gasteiger partial charge in [-0.2, -0.15) is 0 Å². The number of allylic oxidation sites excluding steroid dienone is 2. The van der Waals surface area contributed by atoms with E-state index < -0.39 is 0 Å². The van der Waals surface area contributed by atoms with Crippen molar-refractivity contribution in [2.45, 2.75) is 64.7 Å². The highest BCUT2D eigenvalue weighted by Crippen LogP contribution is 2.40. The van der Waals surface area contributed by atoms with E-state index in [1.54, 1.807) is 0 Å². The van der Waals surface area contributed by atoms with E-state index in [1.165, 1.54) is 80.3 Å². The molecule has 1 heterocycles. The fourth-order valence-corrected chi connectivity index (χ4v) is 3.72. The lowest BCUT2D eigenvalue weighted by molar-refractivity contribution is 0.422. The van der Waals surface area contributed by atoms with Gasteiger partial charge in [0.15, 0.2) is 0 Å². The number of benzene rings is 1. The number of nitrogens with zero attached hydrogens (tertiary/aromatic N) is 1. The summed E-state index contributed by atoms with van der Waals surface area (Å²) in [6.45, 7) is 2.27. The monoisotopic (exact) mass is 268 g/mol. The largest absolute Gasteiger partial charge is 0.252 e. The normalized spacial score (nSPS) is 21.4. The maximum absolute atomic E-state index is 4.96. The minimum Gasteiger partial charge on any atom is -0.252 e. The molecule has 1 heteroatoms. The Hall–Kier alpha value is -1.24. The Balaban J connectivity index is 1.75. The van der Waals surface area contributed by atoms with Gasteiger partial charge in [-0.05, 0) is 31.4 Å². The molecule has 1 saturated carbocycles. The van der Waals surface area contributed by atoms with E-state index in [4.69, 9.17) is 5.32 Å². The molecule has 0 atom stereocenters. The molecule has 1 nitrogen and oxygen atoms in total. The predicted octanol–water partition coefficient (Wildman–Crippen LogP) is 5.81. The van der Waals surface area contributed by atoms with Crippen LogP contribution in [0.2, 0.25) is 0 Å². The summed E-state index contributed by atoms with van der Waals surface area (Å²) in [5.41, 5.74) is 5.38. The third-order valence-electron chi connectivity index (χ3n) is 4.93. The zero-order valence-corrected chi connectivity index (χ0v) is 12.7. The van der Waals surface area contributed by atoms with Crippen molar-refractivity contribution in [1.29, 1.82) is 0 Å². The molecule has 1 aliphatic heterocycles. The molecule has 20 heavy (non-hydrogen) atoms. The second-order valence-electron chi connectivity index (χ2n) is 6.39. The van der Waals surface area contributed by atoms with Crippen molar-refractivity contribution in [3.8, 4) is 0 Å². The molecule has 107 valence electrons. The van der Waals surface area contributed by atoms with Crippen molar-refractivity contribution >= 4 is 11.3 Å². The average molecular weight is 268 g/mol. The van der Waals surface area contributed by atoms with Gasteiger partial charge in [0.05, 0.1) is 5.69 Å². The van der Waals surface area contributed by atoms with Crippen LogP contribution in [-0.4, -0.2) is 0 Å². The molecular formula is C19H26N. The summed E-state index contributed by atoms with van der Waals surface area (Å²) >= 11 is 0. The quantitative estimate of drug-likeness (QED) is 0.610.